The van der Waals surface area contributed by atoms with Gasteiger partial charge in [-0.25, -0.2) is 0 Å². The van der Waals surface area contributed by atoms with E-state index in [1.165, 1.54) is 398 Å². The van der Waals surface area contributed by atoms with Crippen LogP contribution >= 0.6 is 0 Å². The van der Waals surface area contributed by atoms with E-state index >= 15 is 0 Å². The van der Waals surface area contributed by atoms with E-state index in [1.807, 2.05) is 0 Å². The first-order valence-corrected chi connectivity index (χ1v) is 40.4. The maximum atomic E-state index is 12.5. The topological polar surface area (TPSA) is 95.9 Å². The van der Waals surface area contributed by atoms with Crippen molar-refractivity contribution in [3.05, 3.63) is 12.2 Å². The highest BCUT2D eigenvalue weighted by Gasteiger charge is 2.20. The molecule has 6 nitrogen and oxygen atoms in total. The molecule has 0 fully saturated rings. The molecule has 0 radical (unpaired) electrons. The van der Waals surface area contributed by atoms with Gasteiger partial charge in [-0.15, -0.1) is 0 Å². The molecule has 0 saturated carbocycles. The summed E-state index contributed by atoms with van der Waals surface area (Å²) in [5.74, 6) is -0.0000215. The van der Waals surface area contributed by atoms with Crippen LogP contribution in [0.3, 0.4) is 0 Å². The molecule has 0 aromatic heterocycles. The lowest BCUT2D eigenvalue weighted by molar-refractivity contribution is -0.143. The maximum Gasteiger partial charge on any atom is 0.305 e. The minimum absolute atomic E-state index is 0.0259. The van der Waals surface area contributed by atoms with Crippen LogP contribution < -0.4 is 5.32 Å². The fourth-order valence-corrected chi connectivity index (χ4v) is 13.2. The summed E-state index contributed by atoms with van der Waals surface area (Å²) < 4.78 is 5.50. The second-order valence-electron chi connectivity index (χ2n) is 28.1. The van der Waals surface area contributed by atoms with Crippen molar-refractivity contribution in [2.24, 2.45) is 0 Å². The van der Waals surface area contributed by atoms with Crippen LogP contribution in [0.25, 0.3) is 0 Å². The van der Waals surface area contributed by atoms with E-state index in [0.29, 0.717) is 25.9 Å². The Hall–Kier alpha value is -1.40. The summed E-state index contributed by atoms with van der Waals surface area (Å²) in [7, 11) is 0. The maximum absolute atomic E-state index is 12.5. The summed E-state index contributed by atoms with van der Waals surface area (Å²) >= 11 is 0. The molecule has 6 heteroatoms. The third-order valence-corrected chi connectivity index (χ3v) is 19.3. The molecule has 0 aromatic carbocycles. The molecule has 0 aromatic rings. The Morgan fingerprint density at radius 3 is 0.816 bits per heavy atom. The van der Waals surface area contributed by atoms with Crippen LogP contribution in [0.1, 0.15) is 470 Å². The zero-order valence-electron chi connectivity index (χ0n) is 59.5. The van der Waals surface area contributed by atoms with Crippen molar-refractivity contribution < 1.29 is 24.5 Å². The normalized spacial score (nSPS) is 12.5. The summed E-state index contributed by atoms with van der Waals surface area (Å²) in [4.78, 5) is 24.6. The van der Waals surface area contributed by atoms with Gasteiger partial charge in [-0.05, 0) is 51.4 Å². The van der Waals surface area contributed by atoms with Gasteiger partial charge in [0.15, 0.2) is 0 Å². The quantitative estimate of drug-likeness (QED) is 0.0320. The Morgan fingerprint density at radius 2 is 0.540 bits per heavy atom. The Kier molecular flexibility index (Phi) is 75.8. The van der Waals surface area contributed by atoms with E-state index < -0.39 is 12.1 Å². The molecule has 0 aliphatic rings. The van der Waals surface area contributed by atoms with Crippen molar-refractivity contribution in [3.8, 4) is 0 Å². The van der Waals surface area contributed by atoms with Crippen LogP contribution in [0.15, 0.2) is 12.2 Å². The Bertz CT molecular complexity index is 1320. The average Bonchev–Trinajstić information content (AvgIpc) is 3.53. The zero-order chi connectivity index (χ0) is 62.8. The predicted octanol–water partition coefficient (Wildman–Crippen LogP) is 26.7. The molecule has 0 spiro atoms. The molecular weight excluding hydrogens is 1070 g/mol. The number of nitrogens with one attached hydrogen (secondary N) is 1. The van der Waals surface area contributed by atoms with E-state index in [0.717, 1.165) is 38.5 Å². The average molecular weight is 1230 g/mol. The molecule has 1 amide bonds. The Labute approximate surface area is 546 Å². The van der Waals surface area contributed by atoms with Crippen LogP contribution in [-0.2, 0) is 14.3 Å². The first-order chi connectivity index (χ1) is 43.0. The van der Waals surface area contributed by atoms with Crippen molar-refractivity contribution in [2.45, 2.75) is 482 Å². The summed E-state index contributed by atoms with van der Waals surface area (Å²) in [5.41, 5.74) is 0. The third-order valence-electron chi connectivity index (χ3n) is 19.3. The zero-order valence-corrected chi connectivity index (χ0v) is 59.5. The molecule has 2 unspecified atom stereocenters. The summed E-state index contributed by atoms with van der Waals surface area (Å²) in [6, 6.07) is -0.538. The van der Waals surface area contributed by atoms with E-state index in [4.69, 9.17) is 4.74 Å². The van der Waals surface area contributed by atoms with Gasteiger partial charge in [0.05, 0.1) is 25.4 Å². The van der Waals surface area contributed by atoms with Gasteiger partial charge >= 0.3 is 5.97 Å². The Morgan fingerprint density at radius 1 is 0.310 bits per heavy atom. The number of hydrogen-bond donors (Lipinski definition) is 3. The van der Waals surface area contributed by atoms with E-state index in [2.05, 4.69) is 31.3 Å². The lowest BCUT2D eigenvalue weighted by Crippen LogP contribution is -2.45. The largest absolute Gasteiger partial charge is 0.466 e. The number of rotatable bonds is 77. The highest BCUT2D eigenvalue weighted by atomic mass is 16.5. The van der Waals surface area contributed by atoms with E-state index in [9.17, 15) is 19.8 Å². The van der Waals surface area contributed by atoms with Gasteiger partial charge in [0.25, 0.3) is 0 Å². The van der Waals surface area contributed by atoms with Crippen molar-refractivity contribution >= 4 is 11.9 Å². The number of unbranched alkanes of at least 4 members (excludes halogenated alkanes) is 64. The van der Waals surface area contributed by atoms with E-state index in [1.54, 1.807) is 0 Å². The first kappa shape index (κ1) is 85.6. The van der Waals surface area contributed by atoms with Gasteiger partial charge in [-0.3, -0.25) is 9.59 Å². The van der Waals surface area contributed by atoms with Crippen LogP contribution in [-0.4, -0.2) is 47.4 Å². The second kappa shape index (κ2) is 77.1. The standard InChI is InChI=1S/C81H159NO5/c1-3-5-7-9-11-13-15-17-19-43-46-49-53-57-61-65-69-73-79(84)78(77-83)82-80(85)74-70-66-62-58-54-50-47-44-41-39-37-35-33-31-29-27-25-23-21-20-22-24-26-28-30-32-34-36-38-40-42-45-48-52-56-60-64-68-72-76-87-81(86)75-71-67-63-59-55-51-18-16-14-12-10-8-6-4-2/h20-21,78-79,83-84H,3-19,22-77H2,1-2H3,(H,82,85)/b21-20-. The summed E-state index contributed by atoms with van der Waals surface area (Å²) in [6.45, 7) is 5.01. The minimum atomic E-state index is -0.661. The van der Waals surface area contributed by atoms with Crippen LogP contribution in [0.2, 0.25) is 0 Å². The third kappa shape index (κ3) is 73.5. The lowest BCUT2D eigenvalue weighted by Gasteiger charge is -2.22. The molecule has 2 atom stereocenters. The Balaban J connectivity index is 3.31. The number of aliphatic hydroxyl groups is 2. The van der Waals surface area contributed by atoms with E-state index in [-0.39, 0.29) is 18.5 Å². The number of hydrogen-bond acceptors (Lipinski definition) is 5. The molecule has 518 valence electrons. The van der Waals surface area contributed by atoms with Crippen molar-refractivity contribution in [1.82, 2.24) is 5.32 Å². The molecule has 0 bridgehead atoms. The summed E-state index contributed by atoms with van der Waals surface area (Å²) in [6.07, 6.45) is 97.5. The lowest BCUT2D eigenvalue weighted by atomic mass is 10.0. The van der Waals surface area contributed by atoms with Crippen LogP contribution in [0, 0.1) is 0 Å². The number of ether oxygens (including phenoxy) is 1. The molecule has 0 aliphatic heterocycles. The van der Waals surface area contributed by atoms with Crippen molar-refractivity contribution in [3.63, 3.8) is 0 Å². The van der Waals surface area contributed by atoms with Gasteiger partial charge in [-0.2, -0.15) is 0 Å². The number of carbonyl (C=O) groups is 2. The number of amides is 1. The van der Waals surface area contributed by atoms with Gasteiger partial charge in [0, 0.05) is 12.8 Å². The van der Waals surface area contributed by atoms with Gasteiger partial charge < -0.3 is 20.3 Å². The molecule has 0 saturated heterocycles. The smallest absolute Gasteiger partial charge is 0.305 e. The highest BCUT2D eigenvalue weighted by Crippen LogP contribution is 2.20. The molecular formula is C81H159NO5. The van der Waals surface area contributed by atoms with Crippen LogP contribution in [0.4, 0.5) is 0 Å². The van der Waals surface area contributed by atoms with Crippen LogP contribution in [0.5, 0.6) is 0 Å². The second-order valence-corrected chi connectivity index (χ2v) is 28.1. The van der Waals surface area contributed by atoms with Crippen molar-refractivity contribution in [2.75, 3.05) is 13.2 Å². The number of esters is 1. The number of allylic oxidation sites excluding steroid dienone is 2. The van der Waals surface area contributed by atoms with Crippen molar-refractivity contribution in [1.29, 1.82) is 0 Å². The highest BCUT2D eigenvalue weighted by molar-refractivity contribution is 5.76. The molecule has 0 rings (SSSR count). The predicted molar refractivity (Wildman–Crippen MR) is 384 cm³/mol. The fraction of sp³-hybridized carbons (Fsp3) is 0.951. The van der Waals surface area contributed by atoms with Gasteiger partial charge in [0.2, 0.25) is 5.91 Å². The fourth-order valence-electron chi connectivity index (χ4n) is 13.2. The molecule has 3 N–H and O–H groups in total. The molecule has 0 aliphatic carbocycles. The molecule has 0 heterocycles. The van der Waals surface area contributed by atoms with Gasteiger partial charge in [-0.1, -0.05) is 418 Å². The number of carbonyl (C=O) groups excluding carboxylic acids is 2. The first-order valence-electron chi connectivity index (χ1n) is 40.4. The minimum Gasteiger partial charge on any atom is -0.466 e. The SMILES string of the molecule is CCCCCCCCCCCCCCCCCCCC(O)C(CO)NC(=O)CCCCCCCCCCCCCCCCCCC/C=C\CCCCCCCCCCCCCCCCCCCCOC(=O)CCCCCCCCCCCCCCCC. The van der Waals surface area contributed by atoms with Gasteiger partial charge in [0.1, 0.15) is 0 Å². The monoisotopic (exact) mass is 1230 g/mol. The summed E-state index contributed by atoms with van der Waals surface area (Å²) in [5, 5.41) is 23.4. The number of aliphatic hydroxyl groups excluding tert-OH is 2. The molecule has 87 heavy (non-hydrogen) atoms.